The van der Waals surface area contributed by atoms with Gasteiger partial charge in [0.15, 0.2) is 0 Å². The average molecular weight is 210 g/mol. The summed E-state index contributed by atoms with van der Waals surface area (Å²) in [6, 6.07) is 15.1. The molecule has 0 saturated heterocycles. The average Bonchev–Trinajstić information content (AvgIpc) is 2.73. The number of hydrogen-bond donors (Lipinski definition) is 1. The maximum absolute atomic E-state index is 9.48. The summed E-state index contributed by atoms with van der Waals surface area (Å²) in [5.41, 5.74) is 1.90. The van der Waals surface area contributed by atoms with Crippen LogP contribution in [0.3, 0.4) is 0 Å². The van der Waals surface area contributed by atoms with Crippen molar-refractivity contribution in [2.24, 2.45) is 0 Å². The van der Waals surface area contributed by atoms with Crippen LogP contribution >= 0.6 is 0 Å². The van der Waals surface area contributed by atoms with Crippen molar-refractivity contribution >= 4 is 10.9 Å². The van der Waals surface area contributed by atoms with Crippen molar-refractivity contribution in [3.8, 4) is 11.4 Å². The number of phenolic OH excluding ortho intramolecular Hbond substituents is 1. The molecule has 3 aromatic rings. The second kappa shape index (κ2) is 3.38. The Labute approximate surface area is 92.6 Å². The summed E-state index contributed by atoms with van der Waals surface area (Å²) < 4.78 is 1.81. The molecule has 0 spiro atoms. The fourth-order valence-electron chi connectivity index (χ4n) is 1.78. The van der Waals surface area contributed by atoms with E-state index in [0.29, 0.717) is 0 Å². The van der Waals surface area contributed by atoms with Crippen molar-refractivity contribution in [3.63, 3.8) is 0 Å². The summed E-state index contributed by atoms with van der Waals surface area (Å²) in [4.78, 5) is 0. The zero-order chi connectivity index (χ0) is 11.0. The number of nitrogens with zero attached hydrogens (tertiary/aromatic N) is 2. The lowest BCUT2D eigenvalue weighted by molar-refractivity contribution is 0.476. The molecule has 16 heavy (non-hydrogen) atoms. The number of aromatic nitrogens is 2. The lowest BCUT2D eigenvalue weighted by Gasteiger charge is -2.02. The Balaban J connectivity index is 2.29. The van der Waals surface area contributed by atoms with Gasteiger partial charge in [-0.15, -0.1) is 0 Å². The van der Waals surface area contributed by atoms with Gasteiger partial charge in [-0.05, 0) is 24.3 Å². The van der Waals surface area contributed by atoms with Gasteiger partial charge in [-0.3, -0.25) is 0 Å². The second-order valence-corrected chi connectivity index (χ2v) is 3.64. The minimum Gasteiger partial charge on any atom is -0.508 e. The molecule has 3 nitrogen and oxygen atoms in total. The molecule has 3 heteroatoms. The Morgan fingerprint density at radius 1 is 1.00 bits per heavy atom. The minimum atomic E-state index is 0.255. The summed E-state index contributed by atoms with van der Waals surface area (Å²) in [7, 11) is 0. The Morgan fingerprint density at radius 3 is 2.62 bits per heavy atom. The first-order chi connectivity index (χ1) is 7.84. The first kappa shape index (κ1) is 8.97. The van der Waals surface area contributed by atoms with E-state index in [4.69, 9.17) is 0 Å². The smallest absolute Gasteiger partial charge is 0.117 e. The van der Waals surface area contributed by atoms with Gasteiger partial charge in [0.1, 0.15) is 5.75 Å². The van der Waals surface area contributed by atoms with Crippen LogP contribution in [0.25, 0.3) is 16.6 Å². The van der Waals surface area contributed by atoms with Gasteiger partial charge >= 0.3 is 0 Å². The summed E-state index contributed by atoms with van der Waals surface area (Å²) in [6.45, 7) is 0. The van der Waals surface area contributed by atoms with Gasteiger partial charge in [0.25, 0.3) is 0 Å². The summed E-state index contributed by atoms with van der Waals surface area (Å²) >= 11 is 0. The maximum atomic E-state index is 9.48. The lowest BCUT2D eigenvalue weighted by Crippen LogP contribution is -1.94. The molecular formula is C13H10N2O. The van der Waals surface area contributed by atoms with Gasteiger partial charge in [0.05, 0.1) is 17.4 Å². The Kier molecular flexibility index (Phi) is 1.90. The highest BCUT2D eigenvalue weighted by molar-refractivity contribution is 5.81. The predicted molar refractivity (Wildman–Crippen MR) is 62.7 cm³/mol. The number of para-hydroxylation sites is 1. The van der Waals surface area contributed by atoms with Crippen LogP contribution < -0.4 is 0 Å². The Hall–Kier alpha value is -2.29. The van der Waals surface area contributed by atoms with Crippen LogP contribution in [0.4, 0.5) is 0 Å². The molecule has 0 fully saturated rings. The lowest BCUT2D eigenvalue weighted by atomic mass is 10.2. The van der Waals surface area contributed by atoms with E-state index in [0.717, 1.165) is 16.6 Å². The molecule has 2 aromatic carbocycles. The molecule has 0 saturated carbocycles. The molecule has 0 bridgehead atoms. The SMILES string of the molecule is Oc1ccc2cnn(-c3ccccc3)c2c1. The molecule has 0 unspecified atom stereocenters. The molecule has 78 valence electrons. The van der Waals surface area contributed by atoms with Gasteiger partial charge in [-0.1, -0.05) is 18.2 Å². The first-order valence-electron chi connectivity index (χ1n) is 5.07. The summed E-state index contributed by atoms with van der Waals surface area (Å²) in [5, 5.41) is 14.8. The zero-order valence-electron chi connectivity index (χ0n) is 8.54. The van der Waals surface area contributed by atoms with Gasteiger partial charge in [0.2, 0.25) is 0 Å². The van der Waals surface area contributed by atoms with E-state index >= 15 is 0 Å². The molecule has 1 heterocycles. The van der Waals surface area contributed by atoms with Crippen molar-refractivity contribution in [1.29, 1.82) is 0 Å². The minimum absolute atomic E-state index is 0.255. The van der Waals surface area contributed by atoms with Crippen molar-refractivity contribution in [3.05, 3.63) is 54.7 Å². The number of fused-ring (bicyclic) bond motifs is 1. The van der Waals surface area contributed by atoms with Crippen LogP contribution in [0.5, 0.6) is 5.75 Å². The largest absolute Gasteiger partial charge is 0.508 e. The van der Waals surface area contributed by atoms with Crippen molar-refractivity contribution in [2.45, 2.75) is 0 Å². The Bertz CT molecular complexity index is 629. The van der Waals surface area contributed by atoms with Gasteiger partial charge in [-0.2, -0.15) is 5.10 Å². The van der Waals surface area contributed by atoms with E-state index in [1.807, 2.05) is 41.1 Å². The highest BCUT2D eigenvalue weighted by Gasteiger charge is 2.04. The fraction of sp³-hybridized carbons (Fsp3) is 0. The number of aromatic hydroxyl groups is 1. The van der Waals surface area contributed by atoms with Crippen LogP contribution in [-0.2, 0) is 0 Å². The third-order valence-corrected chi connectivity index (χ3v) is 2.56. The molecule has 1 aromatic heterocycles. The van der Waals surface area contributed by atoms with Crippen molar-refractivity contribution < 1.29 is 5.11 Å². The standard InChI is InChI=1S/C13H10N2O/c16-12-7-6-10-9-14-15(13(10)8-12)11-4-2-1-3-5-11/h1-9,16H. The molecule has 3 rings (SSSR count). The Morgan fingerprint density at radius 2 is 1.81 bits per heavy atom. The summed E-state index contributed by atoms with van der Waals surface area (Å²) in [6.07, 6.45) is 1.79. The fourth-order valence-corrected chi connectivity index (χ4v) is 1.78. The molecule has 0 atom stereocenters. The van der Waals surface area contributed by atoms with Crippen LogP contribution in [0.1, 0.15) is 0 Å². The molecule has 0 amide bonds. The van der Waals surface area contributed by atoms with Crippen LogP contribution in [0.15, 0.2) is 54.7 Å². The molecule has 0 radical (unpaired) electrons. The second-order valence-electron chi connectivity index (χ2n) is 3.64. The highest BCUT2D eigenvalue weighted by Crippen LogP contribution is 2.22. The number of rotatable bonds is 1. The van der Waals surface area contributed by atoms with E-state index in [-0.39, 0.29) is 5.75 Å². The third-order valence-electron chi connectivity index (χ3n) is 2.56. The highest BCUT2D eigenvalue weighted by atomic mass is 16.3. The van der Waals surface area contributed by atoms with Gasteiger partial charge < -0.3 is 5.11 Å². The van der Waals surface area contributed by atoms with Crippen LogP contribution in [0.2, 0.25) is 0 Å². The van der Waals surface area contributed by atoms with Gasteiger partial charge in [-0.25, -0.2) is 4.68 Å². The molecule has 0 aliphatic heterocycles. The quantitative estimate of drug-likeness (QED) is 0.670. The van der Waals surface area contributed by atoms with E-state index in [2.05, 4.69) is 5.10 Å². The number of phenols is 1. The van der Waals surface area contributed by atoms with E-state index < -0.39 is 0 Å². The van der Waals surface area contributed by atoms with Crippen molar-refractivity contribution in [1.82, 2.24) is 9.78 Å². The van der Waals surface area contributed by atoms with Crippen molar-refractivity contribution in [2.75, 3.05) is 0 Å². The van der Waals surface area contributed by atoms with E-state index in [9.17, 15) is 5.11 Å². The topological polar surface area (TPSA) is 38.1 Å². The number of benzene rings is 2. The molecular weight excluding hydrogens is 200 g/mol. The molecule has 0 aliphatic rings. The van der Waals surface area contributed by atoms with Crippen LogP contribution in [-0.4, -0.2) is 14.9 Å². The van der Waals surface area contributed by atoms with E-state index in [1.54, 1.807) is 18.3 Å². The maximum Gasteiger partial charge on any atom is 0.117 e. The molecule has 0 aliphatic carbocycles. The monoisotopic (exact) mass is 210 g/mol. The molecule has 1 N–H and O–H groups in total. The van der Waals surface area contributed by atoms with Crippen LogP contribution in [0, 0.1) is 0 Å². The van der Waals surface area contributed by atoms with E-state index in [1.165, 1.54) is 0 Å². The van der Waals surface area contributed by atoms with Gasteiger partial charge in [0, 0.05) is 11.5 Å². The zero-order valence-corrected chi connectivity index (χ0v) is 8.54. The normalized spacial score (nSPS) is 10.8. The summed E-state index contributed by atoms with van der Waals surface area (Å²) in [5.74, 6) is 0.255. The number of hydrogen-bond acceptors (Lipinski definition) is 2. The first-order valence-corrected chi connectivity index (χ1v) is 5.07. The third kappa shape index (κ3) is 1.34. The predicted octanol–water partition coefficient (Wildman–Crippen LogP) is 2.73.